The van der Waals surface area contributed by atoms with Crippen LogP contribution in [0, 0.1) is 0 Å². The number of pyridine rings is 1. The Hall–Kier alpha value is -1.14. The molecule has 0 amide bonds. The lowest BCUT2D eigenvalue weighted by Crippen LogP contribution is -2.08. The third kappa shape index (κ3) is 3.06. The van der Waals surface area contributed by atoms with Crippen LogP contribution < -0.4 is 0 Å². The molecule has 3 rings (SSSR count). The van der Waals surface area contributed by atoms with Gasteiger partial charge in [-0.25, -0.2) is 4.68 Å². The molecule has 0 aromatic carbocycles. The summed E-state index contributed by atoms with van der Waals surface area (Å²) in [4.78, 5) is 4.28. The fourth-order valence-electron chi connectivity index (χ4n) is 2.32. The van der Waals surface area contributed by atoms with Crippen LogP contribution in [0.1, 0.15) is 37.4 Å². The number of hydrogen-bond acceptors (Lipinski definition) is 5. The standard InChI is InChI=1S/C12H14ClN5S/c13-9-5-6-14-10(7-9)8-19-12-15-16-17-18(12)11-3-1-2-4-11/h5-7,11H,1-4,8H2. The Kier molecular flexibility index (Phi) is 3.98. The molecule has 5 nitrogen and oxygen atoms in total. The van der Waals surface area contributed by atoms with Gasteiger partial charge in [0.25, 0.3) is 0 Å². The zero-order chi connectivity index (χ0) is 13.1. The van der Waals surface area contributed by atoms with Gasteiger partial charge in [0.15, 0.2) is 0 Å². The van der Waals surface area contributed by atoms with Gasteiger partial charge in [0.05, 0.1) is 11.7 Å². The third-order valence-corrected chi connectivity index (χ3v) is 4.46. The number of halogens is 1. The van der Waals surface area contributed by atoms with Crippen molar-refractivity contribution in [2.45, 2.75) is 42.6 Å². The summed E-state index contributed by atoms with van der Waals surface area (Å²) in [5.41, 5.74) is 0.943. The molecular weight excluding hydrogens is 282 g/mol. The molecule has 1 saturated carbocycles. The molecule has 100 valence electrons. The minimum atomic E-state index is 0.463. The van der Waals surface area contributed by atoms with Gasteiger partial charge in [-0.3, -0.25) is 4.98 Å². The first-order valence-electron chi connectivity index (χ1n) is 6.34. The maximum absolute atomic E-state index is 5.95. The summed E-state index contributed by atoms with van der Waals surface area (Å²) >= 11 is 7.55. The van der Waals surface area contributed by atoms with Crippen molar-refractivity contribution in [3.8, 4) is 0 Å². The molecule has 2 aromatic heterocycles. The predicted molar refractivity (Wildman–Crippen MR) is 74.1 cm³/mol. The zero-order valence-corrected chi connectivity index (χ0v) is 11.9. The molecule has 1 aliphatic rings. The van der Waals surface area contributed by atoms with E-state index in [0.29, 0.717) is 11.1 Å². The van der Waals surface area contributed by atoms with Crippen LogP contribution in [0.3, 0.4) is 0 Å². The molecule has 1 fully saturated rings. The Labute approximate surface area is 120 Å². The highest BCUT2D eigenvalue weighted by Gasteiger charge is 2.21. The highest BCUT2D eigenvalue weighted by atomic mass is 35.5. The molecule has 2 aromatic rings. The van der Waals surface area contributed by atoms with Crippen LogP contribution in [0.25, 0.3) is 0 Å². The van der Waals surface area contributed by atoms with E-state index in [4.69, 9.17) is 11.6 Å². The van der Waals surface area contributed by atoms with E-state index in [9.17, 15) is 0 Å². The number of tetrazole rings is 1. The van der Waals surface area contributed by atoms with Crippen molar-refractivity contribution in [3.63, 3.8) is 0 Å². The van der Waals surface area contributed by atoms with E-state index in [1.165, 1.54) is 25.7 Å². The quantitative estimate of drug-likeness (QED) is 0.811. The van der Waals surface area contributed by atoms with Crippen LogP contribution >= 0.6 is 23.4 Å². The average molecular weight is 296 g/mol. The van der Waals surface area contributed by atoms with E-state index in [1.54, 1.807) is 24.0 Å². The first-order valence-corrected chi connectivity index (χ1v) is 7.70. The summed E-state index contributed by atoms with van der Waals surface area (Å²) in [5.74, 6) is 0.730. The second-order valence-electron chi connectivity index (χ2n) is 4.60. The maximum atomic E-state index is 5.95. The van der Waals surface area contributed by atoms with Crippen LogP contribution in [0.4, 0.5) is 0 Å². The topological polar surface area (TPSA) is 56.5 Å². The fourth-order valence-corrected chi connectivity index (χ4v) is 3.35. The average Bonchev–Trinajstić information content (AvgIpc) is 3.07. The van der Waals surface area contributed by atoms with Gasteiger partial charge in [-0.05, 0) is 35.4 Å². The van der Waals surface area contributed by atoms with Crippen molar-refractivity contribution in [1.82, 2.24) is 25.2 Å². The smallest absolute Gasteiger partial charge is 0.209 e. The predicted octanol–water partition coefficient (Wildman–Crippen LogP) is 3.13. The lowest BCUT2D eigenvalue weighted by Gasteiger charge is -2.10. The summed E-state index contributed by atoms with van der Waals surface area (Å²) in [6.45, 7) is 0. The second kappa shape index (κ2) is 5.88. The van der Waals surface area contributed by atoms with Crippen molar-refractivity contribution in [2.24, 2.45) is 0 Å². The Morgan fingerprint density at radius 3 is 3.00 bits per heavy atom. The number of thioether (sulfide) groups is 1. The minimum absolute atomic E-state index is 0.463. The highest BCUT2D eigenvalue weighted by Crippen LogP contribution is 2.32. The lowest BCUT2D eigenvalue weighted by atomic mass is 10.3. The molecule has 0 atom stereocenters. The van der Waals surface area contributed by atoms with Crippen LogP contribution in [0.2, 0.25) is 5.02 Å². The number of rotatable bonds is 4. The SMILES string of the molecule is Clc1ccnc(CSc2nnnn2C2CCCC2)c1. The van der Waals surface area contributed by atoms with Gasteiger partial charge in [0.2, 0.25) is 5.16 Å². The molecule has 1 aliphatic carbocycles. The van der Waals surface area contributed by atoms with Gasteiger partial charge in [-0.2, -0.15) is 0 Å². The van der Waals surface area contributed by atoms with E-state index in [2.05, 4.69) is 20.5 Å². The maximum Gasteiger partial charge on any atom is 0.209 e. The van der Waals surface area contributed by atoms with Gasteiger partial charge < -0.3 is 0 Å². The number of aromatic nitrogens is 5. The molecule has 0 N–H and O–H groups in total. The minimum Gasteiger partial charge on any atom is -0.260 e. The monoisotopic (exact) mass is 295 g/mol. The Morgan fingerprint density at radius 2 is 2.21 bits per heavy atom. The first kappa shape index (κ1) is 12.9. The molecule has 2 heterocycles. The fraction of sp³-hybridized carbons (Fsp3) is 0.500. The Balaban J connectivity index is 1.68. The van der Waals surface area contributed by atoms with E-state index < -0.39 is 0 Å². The summed E-state index contributed by atoms with van der Waals surface area (Å²) < 4.78 is 1.96. The number of nitrogens with zero attached hydrogens (tertiary/aromatic N) is 5. The lowest BCUT2D eigenvalue weighted by molar-refractivity contribution is 0.423. The van der Waals surface area contributed by atoms with Gasteiger partial charge in [-0.1, -0.05) is 36.2 Å². The zero-order valence-electron chi connectivity index (χ0n) is 10.4. The van der Waals surface area contributed by atoms with Crippen LogP contribution in [0.15, 0.2) is 23.5 Å². The van der Waals surface area contributed by atoms with Gasteiger partial charge in [-0.15, -0.1) is 5.10 Å². The van der Waals surface area contributed by atoms with Crippen molar-refractivity contribution in [1.29, 1.82) is 0 Å². The van der Waals surface area contributed by atoms with Gasteiger partial charge in [0.1, 0.15) is 0 Å². The molecule has 0 spiro atoms. The Bertz CT molecular complexity index is 553. The molecule has 0 radical (unpaired) electrons. The third-order valence-electron chi connectivity index (χ3n) is 3.26. The van der Waals surface area contributed by atoms with E-state index in [0.717, 1.165) is 16.6 Å². The molecule has 19 heavy (non-hydrogen) atoms. The van der Waals surface area contributed by atoms with E-state index in [-0.39, 0.29) is 0 Å². The van der Waals surface area contributed by atoms with Crippen molar-refractivity contribution in [3.05, 3.63) is 29.0 Å². The van der Waals surface area contributed by atoms with Crippen LogP contribution in [0.5, 0.6) is 0 Å². The largest absolute Gasteiger partial charge is 0.260 e. The van der Waals surface area contributed by atoms with Crippen molar-refractivity contribution in [2.75, 3.05) is 0 Å². The highest BCUT2D eigenvalue weighted by molar-refractivity contribution is 7.98. The Morgan fingerprint density at radius 1 is 1.37 bits per heavy atom. The molecule has 0 aliphatic heterocycles. The number of hydrogen-bond donors (Lipinski definition) is 0. The van der Waals surface area contributed by atoms with Crippen LogP contribution in [-0.2, 0) is 5.75 Å². The first-order chi connectivity index (χ1) is 9.33. The van der Waals surface area contributed by atoms with Crippen molar-refractivity contribution >= 4 is 23.4 Å². The molecule has 0 unspecified atom stereocenters. The van der Waals surface area contributed by atoms with Crippen LogP contribution in [-0.4, -0.2) is 25.2 Å². The molecule has 7 heteroatoms. The molecular formula is C12H14ClN5S. The summed E-state index contributed by atoms with van der Waals surface area (Å²) in [6, 6.07) is 4.11. The van der Waals surface area contributed by atoms with Gasteiger partial charge >= 0.3 is 0 Å². The van der Waals surface area contributed by atoms with E-state index in [1.807, 2.05) is 10.7 Å². The van der Waals surface area contributed by atoms with E-state index >= 15 is 0 Å². The van der Waals surface area contributed by atoms with Crippen molar-refractivity contribution < 1.29 is 0 Å². The summed E-state index contributed by atoms with van der Waals surface area (Å²) in [5, 5.41) is 13.6. The normalized spacial score (nSPS) is 16.1. The molecule has 0 bridgehead atoms. The molecule has 0 saturated heterocycles. The van der Waals surface area contributed by atoms with Gasteiger partial charge in [0, 0.05) is 17.0 Å². The summed E-state index contributed by atoms with van der Waals surface area (Å²) in [7, 11) is 0. The summed E-state index contributed by atoms with van der Waals surface area (Å²) in [6.07, 6.45) is 6.61. The second-order valence-corrected chi connectivity index (χ2v) is 5.98.